The van der Waals surface area contributed by atoms with Crippen LogP contribution in [0, 0.1) is 0 Å². The second-order valence-electron chi connectivity index (χ2n) is 7.71. The van der Waals surface area contributed by atoms with Gasteiger partial charge in [-0.15, -0.1) is 0 Å². The molecule has 0 radical (unpaired) electrons. The van der Waals surface area contributed by atoms with E-state index in [1.165, 1.54) is 11.9 Å². The normalized spacial score (nSPS) is 16.6. The molecule has 2 heterocycles. The van der Waals surface area contributed by atoms with E-state index in [-0.39, 0.29) is 18.6 Å². The fourth-order valence-electron chi connectivity index (χ4n) is 3.63. The molecule has 9 nitrogen and oxygen atoms in total. The molecule has 174 valence electrons. The van der Waals surface area contributed by atoms with Gasteiger partial charge in [-0.05, 0) is 35.9 Å². The van der Waals surface area contributed by atoms with Gasteiger partial charge in [0.2, 0.25) is 5.91 Å². The number of halogens is 2. The van der Waals surface area contributed by atoms with Gasteiger partial charge in [0.15, 0.2) is 0 Å². The van der Waals surface area contributed by atoms with Crippen molar-refractivity contribution in [2.45, 2.75) is 19.2 Å². The van der Waals surface area contributed by atoms with Gasteiger partial charge in [0.25, 0.3) is 0 Å². The Morgan fingerprint density at radius 1 is 1.15 bits per heavy atom. The molecule has 4 rings (SSSR count). The SMILES string of the molecule is COC(=O)c1ccc2nn(CC(=O)NCC3CN(Cc4ccc(Cl)c(Cl)c4)CCO3)nc2c1. The zero-order valence-corrected chi connectivity index (χ0v) is 19.5. The Morgan fingerprint density at radius 3 is 2.76 bits per heavy atom. The lowest BCUT2D eigenvalue weighted by atomic mass is 10.2. The van der Waals surface area contributed by atoms with Gasteiger partial charge in [-0.1, -0.05) is 29.3 Å². The maximum Gasteiger partial charge on any atom is 0.337 e. The first-order valence-electron chi connectivity index (χ1n) is 10.4. The van der Waals surface area contributed by atoms with Crippen LogP contribution in [0.15, 0.2) is 36.4 Å². The van der Waals surface area contributed by atoms with E-state index in [1.54, 1.807) is 24.3 Å². The Labute approximate surface area is 200 Å². The minimum atomic E-state index is -0.454. The maximum atomic E-state index is 12.4. The molecular formula is C22H23Cl2N5O4. The molecule has 1 unspecified atom stereocenters. The number of hydrogen-bond donors (Lipinski definition) is 1. The molecule has 1 saturated heterocycles. The Kier molecular flexibility index (Phi) is 7.44. The standard InChI is InChI=1S/C22H23Cl2N5O4/c1-32-22(31)15-3-5-19-20(9-15)27-29(26-19)13-21(30)25-10-16-12-28(6-7-33-16)11-14-2-4-17(23)18(24)8-14/h2-5,8-9,16H,6-7,10-13H2,1H3,(H,25,30). The van der Waals surface area contributed by atoms with E-state index < -0.39 is 5.97 Å². The Balaban J connectivity index is 1.28. The maximum absolute atomic E-state index is 12.4. The van der Waals surface area contributed by atoms with Crippen LogP contribution in [0.1, 0.15) is 15.9 Å². The summed E-state index contributed by atoms with van der Waals surface area (Å²) in [4.78, 5) is 27.6. The van der Waals surface area contributed by atoms with E-state index in [2.05, 4.69) is 20.4 Å². The third-order valence-electron chi connectivity index (χ3n) is 5.27. The van der Waals surface area contributed by atoms with Crippen LogP contribution in [0.3, 0.4) is 0 Å². The predicted molar refractivity (Wildman–Crippen MR) is 123 cm³/mol. The highest BCUT2D eigenvalue weighted by molar-refractivity contribution is 6.42. The van der Waals surface area contributed by atoms with E-state index in [9.17, 15) is 9.59 Å². The van der Waals surface area contributed by atoms with Crippen LogP contribution in [0.25, 0.3) is 11.0 Å². The molecule has 0 saturated carbocycles. The van der Waals surface area contributed by atoms with Crippen molar-refractivity contribution >= 4 is 46.1 Å². The number of fused-ring (bicyclic) bond motifs is 1. The van der Waals surface area contributed by atoms with Gasteiger partial charge in [-0.25, -0.2) is 4.79 Å². The number of carbonyl (C=O) groups excluding carboxylic acids is 2. The summed E-state index contributed by atoms with van der Waals surface area (Å²) in [6, 6.07) is 10.5. The number of ether oxygens (including phenoxy) is 2. The monoisotopic (exact) mass is 491 g/mol. The Bertz CT molecular complexity index is 1170. The van der Waals surface area contributed by atoms with Crippen molar-refractivity contribution in [1.29, 1.82) is 0 Å². The highest BCUT2D eigenvalue weighted by Gasteiger charge is 2.21. The zero-order valence-electron chi connectivity index (χ0n) is 18.0. The predicted octanol–water partition coefficient (Wildman–Crippen LogP) is 2.54. The number of morpholine rings is 1. The number of carbonyl (C=O) groups is 2. The lowest BCUT2D eigenvalue weighted by Crippen LogP contribution is -2.47. The smallest absolute Gasteiger partial charge is 0.337 e. The molecule has 33 heavy (non-hydrogen) atoms. The van der Waals surface area contributed by atoms with Crippen molar-refractivity contribution in [2.75, 3.05) is 33.4 Å². The average Bonchev–Trinajstić information content (AvgIpc) is 3.21. The minimum absolute atomic E-state index is 0.0397. The van der Waals surface area contributed by atoms with Crippen LogP contribution < -0.4 is 5.32 Å². The molecule has 1 aromatic heterocycles. The number of nitrogens with one attached hydrogen (secondary N) is 1. The van der Waals surface area contributed by atoms with E-state index in [0.29, 0.717) is 46.3 Å². The summed E-state index contributed by atoms with van der Waals surface area (Å²) in [7, 11) is 1.32. The first-order valence-corrected chi connectivity index (χ1v) is 11.1. The largest absolute Gasteiger partial charge is 0.465 e. The number of rotatable bonds is 7. The summed E-state index contributed by atoms with van der Waals surface area (Å²) in [6.07, 6.45) is -0.127. The van der Waals surface area contributed by atoms with Gasteiger partial charge < -0.3 is 14.8 Å². The molecule has 1 atom stereocenters. The highest BCUT2D eigenvalue weighted by atomic mass is 35.5. The molecule has 1 fully saturated rings. The van der Waals surface area contributed by atoms with Gasteiger partial charge in [0, 0.05) is 26.2 Å². The van der Waals surface area contributed by atoms with Crippen LogP contribution in [0.4, 0.5) is 0 Å². The molecule has 3 aromatic rings. The minimum Gasteiger partial charge on any atom is -0.465 e. The summed E-state index contributed by atoms with van der Waals surface area (Å²) >= 11 is 12.1. The topological polar surface area (TPSA) is 98.6 Å². The second-order valence-corrected chi connectivity index (χ2v) is 8.52. The van der Waals surface area contributed by atoms with Crippen LogP contribution >= 0.6 is 23.2 Å². The molecule has 1 N–H and O–H groups in total. The van der Waals surface area contributed by atoms with Crippen molar-refractivity contribution in [3.63, 3.8) is 0 Å². The van der Waals surface area contributed by atoms with Gasteiger partial charge >= 0.3 is 5.97 Å². The quantitative estimate of drug-likeness (QED) is 0.507. The molecule has 11 heteroatoms. The summed E-state index contributed by atoms with van der Waals surface area (Å²) in [5.41, 5.74) is 2.55. The van der Waals surface area contributed by atoms with Gasteiger partial charge in [-0.3, -0.25) is 9.69 Å². The van der Waals surface area contributed by atoms with E-state index in [0.717, 1.165) is 18.7 Å². The molecule has 0 aliphatic carbocycles. The fraction of sp³-hybridized carbons (Fsp3) is 0.364. The molecule has 0 bridgehead atoms. The first kappa shape index (κ1) is 23.4. The van der Waals surface area contributed by atoms with Gasteiger partial charge in [-0.2, -0.15) is 15.0 Å². The number of esters is 1. The number of amides is 1. The first-order chi connectivity index (χ1) is 15.9. The van der Waals surface area contributed by atoms with E-state index in [4.69, 9.17) is 32.7 Å². The van der Waals surface area contributed by atoms with Crippen LogP contribution in [0.2, 0.25) is 10.0 Å². The van der Waals surface area contributed by atoms with Crippen molar-refractivity contribution in [3.8, 4) is 0 Å². The summed E-state index contributed by atoms with van der Waals surface area (Å²) < 4.78 is 10.5. The Hall–Kier alpha value is -2.72. The van der Waals surface area contributed by atoms with Gasteiger partial charge in [0.05, 0.1) is 35.4 Å². The summed E-state index contributed by atoms with van der Waals surface area (Å²) in [6.45, 7) is 3.12. The zero-order chi connectivity index (χ0) is 23.4. The third kappa shape index (κ3) is 6.00. The Morgan fingerprint density at radius 2 is 1.97 bits per heavy atom. The van der Waals surface area contributed by atoms with Crippen molar-refractivity contribution in [3.05, 3.63) is 57.6 Å². The number of hydrogen-bond acceptors (Lipinski definition) is 7. The molecule has 1 amide bonds. The van der Waals surface area contributed by atoms with Crippen LogP contribution in [0.5, 0.6) is 0 Å². The molecule has 1 aliphatic heterocycles. The van der Waals surface area contributed by atoms with Crippen molar-refractivity contribution in [2.24, 2.45) is 0 Å². The molecule has 2 aromatic carbocycles. The fourth-order valence-corrected chi connectivity index (χ4v) is 3.95. The number of aromatic nitrogens is 3. The molecule has 0 spiro atoms. The van der Waals surface area contributed by atoms with Crippen molar-refractivity contribution in [1.82, 2.24) is 25.2 Å². The second kappa shape index (κ2) is 10.5. The van der Waals surface area contributed by atoms with E-state index in [1.807, 2.05) is 12.1 Å². The molecule has 1 aliphatic rings. The molecular weight excluding hydrogens is 469 g/mol. The number of methoxy groups -OCH3 is 1. The highest BCUT2D eigenvalue weighted by Crippen LogP contribution is 2.23. The lowest BCUT2D eigenvalue weighted by Gasteiger charge is -2.33. The number of benzene rings is 2. The lowest BCUT2D eigenvalue weighted by molar-refractivity contribution is -0.123. The van der Waals surface area contributed by atoms with Crippen LogP contribution in [-0.4, -0.2) is 71.2 Å². The third-order valence-corrected chi connectivity index (χ3v) is 6.01. The average molecular weight is 492 g/mol. The van der Waals surface area contributed by atoms with Gasteiger partial charge in [0.1, 0.15) is 17.6 Å². The number of nitrogens with zero attached hydrogens (tertiary/aromatic N) is 4. The van der Waals surface area contributed by atoms with Crippen LogP contribution in [-0.2, 0) is 27.4 Å². The summed E-state index contributed by atoms with van der Waals surface area (Å²) in [5, 5.41) is 12.5. The van der Waals surface area contributed by atoms with E-state index >= 15 is 0 Å². The summed E-state index contributed by atoms with van der Waals surface area (Å²) in [5.74, 6) is -0.682. The van der Waals surface area contributed by atoms with Crippen molar-refractivity contribution < 1.29 is 19.1 Å².